The Morgan fingerprint density at radius 2 is 1.36 bits per heavy atom. The highest BCUT2D eigenvalue weighted by molar-refractivity contribution is 5.95. The molecule has 0 fully saturated rings. The van der Waals surface area contributed by atoms with Crippen molar-refractivity contribution in [1.29, 1.82) is 0 Å². The van der Waals surface area contributed by atoms with E-state index in [1.807, 2.05) is 24.3 Å². The predicted molar refractivity (Wildman–Crippen MR) is 81.7 cm³/mol. The summed E-state index contributed by atoms with van der Waals surface area (Å²) >= 11 is 0. The lowest BCUT2D eigenvalue weighted by molar-refractivity contribution is 0.0462. The third kappa shape index (κ3) is 3.31. The Morgan fingerprint density at radius 3 is 1.95 bits per heavy atom. The van der Waals surface area contributed by atoms with Gasteiger partial charge in [-0.15, -0.1) is 0 Å². The molecule has 0 aliphatic rings. The molecule has 0 aromatic heterocycles. The molecule has 0 saturated heterocycles. The van der Waals surface area contributed by atoms with Gasteiger partial charge in [-0.25, -0.2) is 4.79 Å². The minimum atomic E-state index is -0.514. The first-order valence-corrected chi connectivity index (χ1v) is 6.71. The van der Waals surface area contributed by atoms with Crippen LogP contribution in [0.3, 0.4) is 0 Å². The summed E-state index contributed by atoms with van der Waals surface area (Å²) in [6.45, 7) is 0.101. The highest BCUT2D eigenvalue weighted by atomic mass is 16.5. The third-order valence-corrected chi connectivity index (χ3v) is 3.18. The number of rotatable bonds is 6. The van der Waals surface area contributed by atoms with Crippen molar-refractivity contribution < 1.29 is 23.7 Å². The molecule has 0 saturated carbocycles. The Balaban J connectivity index is 2.19. The van der Waals surface area contributed by atoms with E-state index in [0.717, 1.165) is 5.56 Å². The van der Waals surface area contributed by atoms with E-state index in [4.69, 9.17) is 18.9 Å². The second-order valence-electron chi connectivity index (χ2n) is 4.43. The highest BCUT2D eigenvalue weighted by Gasteiger charge is 2.20. The van der Waals surface area contributed by atoms with Crippen LogP contribution in [0, 0.1) is 0 Å². The summed E-state index contributed by atoms with van der Waals surface area (Å²) in [6, 6.07) is 12.5. The molecular weight excluding hydrogens is 284 g/mol. The molecule has 0 radical (unpaired) electrons. The molecule has 0 atom stereocenters. The van der Waals surface area contributed by atoms with Crippen molar-refractivity contribution in [3.05, 3.63) is 53.6 Å². The standard InChI is InChI=1S/C17H18O5/c1-19-13-8-5-4-7-12(13)11-22-17(18)16-14(20-2)9-6-10-15(16)21-3/h4-10H,11H2,1-3H3. The largest absolute Gasteiger partial charge is 0.496 e. The Morgan fingerprint density at radius 1 is 0.818 bits per heavy atom. The first-order chi connectivity index (χ1) is 10.7. The van der Waals surface area contributed by atoms with E-state index in [1.54, 1.807) is 25.3 Å². The first kappa shape index (κ1) is 15.7. The number of benzene rings is 2. The van der Waals surface area contributed by atoms with E-state index < -0.39 is 5.97 Å². The molecule has 0 amide bonds. The molecule has 0 heterocycles. The number of carbonyl (C=O) groups is 1. The highest BCUT2D eigenvalue weighted by Crippen LogP contribution is 2.29. The molecule has 0 unspecified atom stereocenters. The zero-order valence-electron chi connectivity index (χ0n) is 12.8. The van der Waals surface area contributed by atoms with Crippen LogP contribution in [0.25, 0.3) is 0 Å². The smallest absolute Gasteiger partial charge is 0.346 e. The number of hydrogen-bond donors (Lipinski definition) is 0. The van der Waals surface area contributed by atoms with Gasteiger partial charge in [0.25, 0.3) is 0 Å². The number of hydrogen-bond acceptors (Lipinski definition) is 5. The van der Waals surface area contributed by atoms with Gasteiger partial charge < -0.3 is 18.9 Å². The molecule has 22 heavy (non-hydrogen) atoms. The van der Waals surface area contributed by atoms with Gasteiger partial charge in [0, 0.05) is 5.56 Å². The second kappa shape index (κ2) is 7.36. The van der Waals surface area contributed by atoms with Gasteiger partial charge in [-0.05, 0) is 18.2 Å². The van der Waals surface area contributed by atoms with Crippen molar-refractivity contribution in [1.82, 2.24) is 0 Å². The van der Waals surface area contributed by atoms with E-state index in [0.29, 0.717) is 17.2 Å². The van der Waals surface area contributed by atoms with Crippen LogP contribution in [0.5, 0.6) is 17.2 Å². The molecule has 5 heteroatoms. The number of para-hydroxylation sites is 1. The Kier molecular flexibility index (Phi) is 5.25. The predicted octanol–water partition coefficient (Wildman–Crippen LogP) is 3.07. The van der Waals surface area contributed by atoms with Crippen LogP contribution < -0.4 is 14.2 Å². The Labute approximate surface area is 129 Å². The van der Waals surface area contributed by atoms with Crippen molar-refractivity contribution in [3.8, 4) is 17.2 Å². The van der Waals surface area contributed by atoms with E-state index in [9.17, 15) is 4.79 Å². The summed E-state index contributed by atoms with van der Waals surface area (Å²) in [5, 5.41) is 0. The SMILES string of the molecule is COc1ccccc1COC(=O)c1c(OC)cccc1OC. The molecule has 0 aliphatic carbocycles. The van der Waals surface area contributed by atoms with Gasteiger partial charge >= 0.3 is 5.97 Å². The maximum Gasteiger partial charge on any atom is 0.346 e. The maximum atomic E-state index is 12.4. The van der Waals surface area contributed by atoms with Crippen molar-refractivity contribution >= 4 is 5.97 Å². The van der Waals surface area contributed by atoms with Gasteiger partial charge in [0.2, 0.25) is 0 Å². The lowest BCUT2D eigenvalue weighted by Gasteiger charge is -2.13. The van der Waals surface area contributed by atoms with Gasteiger partial charge in [0.1, 0.15) is 29.4 Å². The molecule has 2 aromatic carbocycles. The first-order valence-electron chi connectivity index (χ1n) is 6.71. The molecular formula is C17H18O5. The monoisotopic (exact) mass is 302 g/mol. The van der Waals surface area contributed by atoms with Crippen molar-refractivity contribution in [2.24, 2.45) is 0 Å². The van der Waals surface area contributed by atoms with Crippen LogP contribution in [-0.2, 0) is 11.3 Å². The Hall–Kier alpha value is -2.69. The molecule has 2 rings (SSSR count). The quantitative estimate of drug-likeness (QED) is 0.768. The van der Waals surface area contributed by atoms with Crippen molar-refractivity contribution in [2.75, 3.05) is 21.3 Å². The summed E-state index contributed by atoms with van der Waals surface area (Å²) in [4.78, 5) is 12.4. The van der Waals surface area contributed by atoms with Crippen molar-refractivity contribution in [3.63, 3.8) is 0 Å². The maximum absolute atomic E-state index is 12.4. The van der Waals surface area contributed by atoms with Crippen molar-refractivity contribution in [2.45, 2.75) is 6.61 Å². The summed E-state index contributed by atoms with van der Waals surface area (Å²) in [5.74, 6) is 0.969. The van der Waals surface area contributed by atoms with Crippen LogP contribution in [0.1, 0.15) is 15.9 Å². The fraction of sp³-hybridized carbons (Fsp3) is 0.235. The fourth-order valence-electron chi connectivity index (χ4n) is 2.09. The molecule has 0 bridgehead atoms. The van der Waals surface area contributed by atoms with Crippen LogP contribution in [0.4, 0.5) is 0 Å². The molecule has 2 aromatic rings. The normalized spacial score (nSPS) is 9.95. The minimum Gasteiger partial charge on any atom is -0.496 e. The van der Waals surface area contributed by atoms with E-state index in [-0.39, 0.29) is 12.2 Å². The lowest BCUT2D eigenvalue weighted by atomic mass is 10.1. The number of carbonyl (C=O) groups excluding carboxylic acids is 1. The molecule has 0 spiro atoms. The topological polar surface area (TPSA) is 54.0 Å². The van der Waals surface area contributed by atoms with Crippen LogP contribution in [0.15, 0.2) is 42.5 Å². The summed E-state index contributed by atoms with van der Waals surface area (Å²) < 4.78 is 21.0. The van der Waals surface area contributed by atoms with Gasteiger partial charge in [0.05, 0.1) is 21.3 Å². The van der Waals surface area contributed by atoms with E-state index >= 15 is 0 Å². The molecule has 116 valence electrons. The number of methoxy groups -OCH3 is 3. The summed E-state index contributed by atoms with van der Waals surface area (Å²) in [6.07, 6.45) is 0. The lowest BCUT2D eigenvalue weighted by Crippen LogP contribution is -2.09. The zero-order chi connectivity index (χ0) is 15.9. The zero-order valence-corrected chi connectivity index (χ0v) is 12.8. The van der Waals surface area contributed by atoms with Gasteiger partial charge in [-0.2, -0.15) is 0 Å². The van der Waals surface area contributed by atoms with Crippen LogP contribution >= 0.6 is 0 Å². The molecule has 0 N–H and O–H groups in total. The Bertz CT molecular complexity index is 629. The molecule has 5 nitrogen and oxygen atoms in total. The average Bonchev–Trinajstić information content (AvgIpc) is 2.58. The van der Waals surface area contributed by atoms with Gasteiger partial charge in [-0.1, -0.05) is 24.3 Å². The van der Waals surface area contributed by atoms with Crippen LogP contribution in [0.2, 0.25) is 0 Å². The molecule has 0 aliphatic heterocycles. The number of ether oxygens (including phenoxy) is 4. The summed E-state index contributed by atoms with van der Waals surface area (Å²) in [5.41, 5.74) is 1.05. The van der Waals surface area contributed by atoms with Crippen LogP contribution in [-0.4, -0.2) is 27.3 Å². The third-order valence-electron chi connectivity index (χ3n) is 3.18. The second-order valence-corrected chi connectivity index (χ2v) is 4.43. The summed E-state index contributed by atoms with van der Waals surface area (Å²) in [7, 11) is 4.56. The average molecular weight is 302 g/mol. The number of esters is 1. The minimum absolute atomic E-state index is 0.101. The van der Waals surface area contributed by atoms with Gasteiger partial charge in [0.15, 0.2) is 0 Å². The van der Waals surface area contributed by atoms with Gasteiger partial charge in [-0.3, -0.25) is 0 Å². The van der Waals surface area contributed by atoms with E-state index in [1.165, 1.54) is 14.2 Å². The fourth-order valence-corrected chi connectivity index (χ4v) is 2.09. The van der Waals surface area contributed by atoms with E-state index in [2.05, 4.69) is 0 Å².